The maximum atomic E-state index is 14.7. The summed E-state index contributed by atoms with van der Waals surface area (Å²) in [7, 11) is 1.65. The Labute approximate surface area is 221 Å². The molecule has 13 heteroatoms. The summed E-state index contributed by atoms with van der Waals surface area (Å²) in [6, 6.07) is 5.22. The summed E-state index contributed by atoms with van der Waals surface area (Å²) in [4.78, 5) is 40.2. The van der Waals surface area contributed by atoms with Crippen molar-refractivity contribution in [3.63, 3.8) is 0 Å². The first-order valence-electron chi connectivity index (χ1n) is 11.3. The topological polar surface area (TPSA) is 113 Å². The van der Waals surface area contributed by atoms with Crippen molar-refractivity contribution in [3.05, 3.63) is 85.5 Å². The van der Waals surface area contributed by atoms with Crippen LogP contribution in [0, 0.1) is 5.82 Å². The number of fused-ring (bicyclic) bond motifs is 2. The predicted molar refractivity (Wildman–Crippen MR) is 142 cm³/mol. The second kappa shape index (κ2) is 9.31. The normalized spacial score (nSPS) is 15.6. The summed E-state index contributed by atoms with van der Waals surface area (Å²) < 4.78 is 15.8. The fourth-order valence-corrected chi connectivity index (χ4v) is 4.98. The molecule has 5 rings (SSSR count). The molecule has 0 radical (unpaired) electrons. The fourth-order valence-electron chi connectivity index (χ4n) is 4.65. The Morgan fingerprint density at radius 3 is 2.78 bits per heavy atom. The Kier molecular flexibility index (Phi) is 6.29. The van der Waals surface area contributed by atoms with Crippen molar-refractivity contribution in [1.29, 1.82) is 0 Å². The van der Waals surface area contributed by atoms with Gasteiger partial charge in [0.15, 0.2) is 13.5 Å². The van der Waals surface area contributed by atoms with E-state index >= 15 is 0 Å². The SMILES string of the molecule is Bc1c(N2Cc3cc(Cl)cnc3[C@H]2C)nc2c([C@@H](C)Nc3ccc(Cl)nc3C(=O)O)cc(F)cn2c1=O. The number of halogens is 3. The van der Waals surface area contributed by atoms with E-state index < -0.39 is 23.4 Å². The molecule has 0 aromatic carbocycles. The third kappa shape index (κ3) is 4.38. The molecule has 4 aromatic heterocycles. The first-order chi connectivity index (χ1) is 17.5. The number of anilines is 2. The van der Waals surface area contributed by atoms with Gasteiger partial charge in [0, 0.05) is 30.0 Å². The van der Waals surface area contributed by atoms with Crippen LogP contribution in [0.5, 0.6) is 0 Å². The van der Waals surface area contributed by atoms with Crippen LogP contribution in [0.2, 0.25) is 10.2 Å². The number of carbonyl (C=O) groups is 1. The Hall–Kier alpha value is -3.70. The number of hydrogen-bond acceptors (Lipinski definition) is 7. The van der Waals surface area contributed by atoms with Crippen LogP contribution in [0.3, 0.4) is 0 Å². The highest BCUT2D eigenvalue weighted by molar-refractivity contribution is 6.35. The van der Waals surface area contributed by atoms with Crippen LogP contribution in [0.4, 0.5) is 15.9 Å². The van der Waals surface area contributed by atoms with Crippen molar-refractivity contribution in [2.75, 3.05) is 10.2 Å². The van der Waals surface area contributed by atoms with Gasteiger partial charge in [-0.2, -0.15) is 0 Å². The van der Waals surface area contributed by atoms with Gasteiger partial charge in [0.2, 0.25) is 0 Å². The molecule has 37 heavy (non-hydrogen) atoms. The summed E-state index contributed by atoms with van der Waals surface area (Å²) in [6.07, 6.45) is 2.68. The maximum absolute atomic E-state index is 14.7. The van der Waals surface area contributed by atoms with Gasteiger partial charge in [-0.1, -0.05) is 23.2 Å². The highest BCUT2D eigenvalue weighted by atomic mass is 35.5. The van der Waals surface area contributed by atoms with E-state index in [0.29, 0.717) is 28.4 Å². The van der Waals surface area contributed by atoms with Crippen molar-refractivity contribution in [2.24, 2.45) is 0 Å². The van der Waals surface area contributed by atoms with Gasteiger partial charge in [-0.05, 0) is 43.7 Å². The quantitative estimate of drug-likeness (QED) is 0.293. The van der Waals surface area contributed by atoms with Crippen LogP contribution in [0.15, 0.2) is 41.5 Å². The smallest absolute Gasteiger partial charge is 0.356 e. The lowest BCUT2D eigenvalue weighted by atomic mass is 9.97. The van der Waals surface area contributed by atoms with Gasteiger partial charge in [0.05, 0.1) is 28.5 Å². The van der Waals surface area contributed by atoms with E-state index in [2.05, 4.69) is 15.3 Å². The molecule has 5 heterocycles. The lowest BCUT2D eigenvalue weighted by Gasteiger charge is -2.26. The maximum Gasteiger partial charge on any atom is 0.356 e. The first-order valence-corrected chi connectivity index (χ1v) is 12.1. The number of hydrogen-bond donors (Lipinski definition) is 2. The van der Waals surface area contributed by atoms with Crippen molar-refractivity contribution in [2.45, 2.75) is 32.5 Å². The number of pyridine rings is 3. The van der Waals surface area contributed by atoms with Crippen LogP contribution in [0.1, 0.15) is 53.2 Å². The van der Waals surface area contributed by atoms with Gasteiger partial charge in [0.25, 0.3) is 5.56 Å². The molecule has 0 saturated heterocycles. The summed E-state index contributed by atoms with van der Waals surface area (Å²) in [5, 5.41) is 13.1. The van der Waals surface area contributed by atoms with E-state index in [4.69, 9.17) is 28.2 Å². The van der Waals surface area contributed by atoms with E-state index in [1.807, 2.05) is 17.9 Å². The molecule has 0 fully saturated rings. The lowest BCUT2D eigenvalue weighted by Crippen LogP contribution is -2.39. The molecular formula is C24H20BCl2FN6O3. The zero-order valence-corrected chi connectivity index (χ0v) is 21.5. The Bertz CT molecular complexity index is 1650. The van der Waals surface area contributed by atoms with E-state index in [-0.39, 0.29) is 28.2 Å². The van der Waals surface area contributed by atoms with E-state index in [9.17, 15) is 19.1 Å². The summed E-state index contributed by atoms with van der Waals surface area (Å²) in [5.74, 6) is -1.46. The summed E-state index contributed by atoms with van der Waals surface area (Å²) >= 11 is 12.0. The zero-order valence-electron chi connectivity index (χ0n) is 20.0. The van der Waals surface area contributed by atoms with Crippen molar-refractivity contribution < 1.29 is 14.3 Å². The molecule has 0 spiro atoms. The van der Waals surface area contributed by atoms with E-state index in [0.717, 1.165) is 17.5 Å². The molecule has 9 nitrogen and oxygen atoms in total. The Morgan fingerprint density at radius 2 is 2.05 bits per heavy atom. The molecule has 1 aliphatic rings. The molecule has 0 aliphatic carbocycles. The standard InChI is InChI=1S/C24H20BCl2FN6O3/c1-10(30-16-3-4-17(27)31-20(16)24(36)37)15-6-14(28)9-34-21(15)32-22(18(25)23(34)35)33-8-12-5-13(26)7-29-19(12)11(33)2/h3-7,9-11,30H,8,25H2,1-2H3,(H,36,37)/t10-,11-/m1/s1. The highest BCUT2D eigenvalue weighted by Gasteiger charge is 2.31. The zero-order chi connectivity index (χ0) is 26.6. The minimum atomic E-state index is -1.27. The number of nitrogens with one attached hydrogen (secondary N) is 1. The fraction of sp³-hybridized carbons (Fsp3) is 0.208. The number of nitrogens with zero attached hydrogens (tertiary/aromatic N) is 5. The second-order valence-corrected chi connectivity index (χ2v) is 9.70. The van der Waals surface area contributed by atoms with Gasteiger partial charge in [-0.25, -0.2) is 19.2 Å². The van der Waals surface area contributed by atoms with Crippen LogP contribution >= 0.6 is 23.2 Å². The number of carboxylic acid groups (broad SMARTS) is 1. The van der Waals surface area contributed by atoms with Crippen molar-refractivity contribution in [1.82, 2.24) is 19.4 Å². The van der Waals surface area contributed by atoms with Gasteiger partial charge in [-0.15, -0.1) is 0 Å². The molecule has 0 amide bonds. The lowest BCUT2D eigenvalue weighted by molar-refractivity contribution is 0.0691. The molecule has 0 saturated carbocycles. The number of aromatic carboxylic acids is 1. The van der Waals surface area contributed by atoms with E-state index in [1.54, 1.807) is 21.0 Å². The molecule has 0 unspecified atom stereocenters. The van der Waals surface area contributed by atoms with Crippen LogP contribution < -0.4 is 21.2 Å². The minimum absolute atomic E-state index is 0.0247. The molecule has 2 atom stereocenters. The summed E-state index contributed by atoms with van der Waals surface area (Å²) in [6.45, 7) is 4.13. The minimum Gasteiger partial charge on any atom is -0.476 e. The second-order valence-electron chi connectivity index (χ2n) is 8.88. The number of rotatable bonds is 5. The average molecular weight is 541 g/mol. The van der Waals surface area contributed by atoms with Crippen LogP contribution in [-0.2, 0) is 6.54 Å². The third-order valence-electron chi connectivity index (χ3n) is 6.47. The molecule has 0 bridgehead atoms. The number of carboxylic acids is 1. The highest BCUT2D eigenvalue weighted by Crippen LogP contribution is 2.35. The molecule has 188 valence electrons. The molecule has 4 aromatic rings. The number of aromatic nitrogens is 4. The van der Waals surface area contributed by atoms with Crippen molar-refractivity contribution in [3.8, 4) is 0 Å². The third-order valence-corrected chi connectivity index (χ3v) is 6.88. The Morgan fingerprint density at radius 1 is 1.30 bits per heavy atom. The monoisotopic (exact) mass is 540 g/mol. The predicted octanol–water partition coefficient (Wildman–Crippen LogP) is 3.14. The van der Waals surface area contributed by atoms with Crippen LogP contribution in [-0.4, -0.2) is 38.3 Å². The van der Waals surface area contributed by atoms with Gasteiger partial charge in [-0.3, -0.25) is 14.2 Å². The van der Waals surface area contributed by atoms with Crippen molar-refractivity contribution >= 4 is 59.6 Å². The van der Waals surface area contributed by atoms with Gasteiger partial charge in [0.1, 0.15) is 22.4 Å². The molecule has 1 aliphatic heterocycles. The van der Waals surface area contributed by atoms with Gasteiger partial charge < -0.3 is 15.3 Å². The first kappa shape index (κ1) is 25.0. The summed E-state index contributed by atoms with van der Waals surface area (Å²) in [5.41, 5.74) is 2.22. The van der Waals surface area contributed by atoms with Gasteiger partial charge >= 0.3 is 5.97 Å². The Balaban J connectivity index is 1.62. The molecular weight excluding hydrogens is 521 g/mol. The largest absolute Gasteiger partial charge is 0.476 e. The molecule has 2 N–H and O–H groups in total. The van der Waals surface area contributed by atoms with Crippen LogP contribution in [0.25, 0.3) is 5.65 Å². The average Bonchev–Trinajstić information content (AvgIpc) is 3.17. The van der Waals surface area contributed by atoms with E-state index in [1.165, 1.54) is 22.6 Å².